The Balaban J connectivity index is 2.33. The Morgan fingerprint density at radius 2 is 1.95 bits per heavy atom. The van der Waals surface area contributed by atoms with Gasteiger partial charge in [0, 0.05) is 4.47 Å². The number of nitrogens with zero attached hydrogens (tertiary/aromatic N) is 1. The Labute approximate surface area is 139 Å². The molecule has 0 radical (unpaired) electrons. The van der Waals surface area contributed by atoms with E-state index < -0.39 is 5.91 Å². The lowest BCUT2D eigenvalue weighted by Gasteiger charge is -2.09. The Kier molecular flexibility index (Phi) is 4.91. The molecule has 0 aliphatic carbocycles. The van der Waals surface area contributed by atoms with Gasteiger partial charge in [-0.05, 0) is 41.1 Å². The first-order valence-electron chi connectivity index (χ1n) is 5.48. The van der Waals surface area contributed by atoms with Crippen molar-refractivity contribution >= 4 is 62.5 Å². The van der Waals surface area contributed by atoms with Crippen LogP contribution < -0.4 is 5.32 Å². The van der Waals surface area contributed by atoms with Crippen molar-refractivity contribution in [3.8, 4) is 0 Å². The molecule has 0 spiro atoms. The molecule has 2 rings (SSSR count). The number of anilines is 1. The Bertz CT molecular complexity index is 692. The van der Waals surface area contributed by atoms with Gasteiger partial charge in [0.2, 0.25) is 0 Å². The zero-order valence-electron chi connectivity index (χ0n) is 10.2. The van der Waals surface area contributed by atoms with Crippen molar-refractivity contribution in [3.63, 3.8) is 0 Å². The maximum atomic E-state index is 12.2. The Hall–Kier alpha value is -0.810. The number of pyridine rings is 1. The molecule has 1 aromatic heterocycles. The number of rotatable bonds is 2. The Morgan fingerprint density at radius 3 is 2.65 bits per heavy atom. The third kappa shape index (κ3) is 3.26. The number of carbonyl (C=O) groups excluding carboxylic acids is 1. The molecule has 0 saturated carbocycles. The van der Waals surface area contributed by atoms with Gasteiger partial charge in [0.25, 0.3) is 5.91 Å². The average Bonchev–Trinajstić information content (AvgIpc) is 2.39. The SMILES string of the molecule is Cc1nc(NC(=O)c2cccc(Br)c2Cl)c(Cl)cc1Cl. The molecule has 104 valence electrons. The van der Waals surface area contributed by atoms with Crippen LogP contribution in [0, 0.1) is 6.92 Å². The van der Waals surface area contributed by atoms with E-state index in [1.807, 2.05) is 0 Å². The predicted molar refractivity (Wildman–Crippen MR) is 86.1 cm³/mol. The first-order valence-corrected chi connectivity index (χ1v) is 7.41. The topological polar surface area (TPSA) is 42.0 Å². The van der Waals surface area contributed by atoms with Gasteiger partial charge in [-0.15, -0.1) is 0 Å². The van der Waals surface area contributed by atoms with E-state index in [1.54, 1.807) is 25.1 Å². The van der Waals surface area contributed by atoms with Crippen LogP contribution in [0.1, 0.15) is 16.1 Å². The van der Waals surface area contributed by atoms with Crippen molar-refractivity contribution in [2.75, 3.05) is 5.32 Å². The molecule has 0 unspecified atom stereocenters. The monoisotopic (exact) mass is 392 g/mol. The number of aryl methyl sites for hydroxylation is 1. The highest BCUT2D eigenvalue weighted by molar-refractivity contribution is 9.10. The van der Waals surface area contributed by atoms with Crippen molar-refractivity contribution in [1.82, 2.24) is 4.98 Å². The van der Waals surface area contributed by atoms with Gasteiger partial charge >= 0.3 is 0 Å². The van der Waals surface area contributed by atoms with Gasteiger partial charge in [0.1, 0.15) is 0 Å². The van der Waals surface area contributed by atoms with Gasteiger partial charge in [0.15, 0.2) is 5.82 Å². The predicted octanol–water partition coefficient (Wildman–Crippen LogP) is 5.37. The maximum absolute atomic E-state index is 12.2. The standard InChI is InChI=1S/C13H8BrCl3N2O/c1-6-9(15)5-10(16)12(18-6)19-13(20)7-3-2-4-8(14)11(7)17/h2-5H,1H3,(H,18,19,20). The second-order valence-corrected chi connectivity index (χ2v) is 5.99. The molecule has 0 aliphatic heterocycles. The van der Waals surface area contributed by atoms with Crippen molar-refractivity contribution < 1.29 is 4.79 Å². The van der Waals surface area contributed by atoms with Crippen LogP contribution in [0.15, 0.2) is 28.7 Å². The average molecular weight is 394 g/mol. The second-order valence-electron chi connectivity index (χ2n) is 3.94. The molecule has 1 heterocycles. The van der Waals surface area contributed by atoms with Crippen LogP contribution in [0.5, 0.6) is 0 Å². The van der Waals surface area contributed by atoms with Crippen molar-refractivity contribution in [1.29, 1.82) is 0 Å². The highest BCUT2D eigenvalue weighted by atomic mass is 79.9. The van der Waals surface area contributed by atoms with Crippen molar-refractivity contribution in [3.05, 3.63) is 55.1 Å². The fraction of sp³-hybridized carbons (Fsp3) is 0.0769. The summed E-state index contributed by atoms with van der Waals surface area (Å²) in [5, 5.41) is 3.64. The van der Waals surface area contributed by atoms with Crippen LogP contribution in [0.3, 0.4) is 0 Å². The third-order valence-corrected chi connectivity index (χ3v) is 4.50. The maximum Gasteiger partial charge on any atom is 0.258 e. The number of aromatic nitrogens is 1. The number of nitrogens with one attached hydrogen (secondary N) is 1. The van der Waals surface area contributed by atoms with Gasteiger partial charge in [-0.2, -0.15) is 0 Å². The summed E-state index contributed by atoms with van der Waals surface area (Å²) in [5.74, 6) is -0.151. The van der Waals surface area contributed by atoms with E-state index in [0.29, 0.717) is 25.8 Å². The zero-order valence-corrected chi connectivity index (χ0v) is 14.0. The number of benzene rings is 1. The smallest absolute Gasteiger partial charge is 0.258 e. The van der Waals surface area contributed by atoms with Gasteiger partial charge in [-0.25, -0.2) is 4.98 Å². The molecule has 7 heteroatoms. The van der Waals surface area contributed by atoms with E-state index in [4.69, 9.17) is 34.8 Å². The summed E-state index contributed by atoms with van der Waals surface area (Å²) in [5.41, 5.74) is 0.901. The molecule has 0 fully saturated rings. The Morgan fingerprint density at radius 1 is 1.25 bits per heavy atom. The number of carbonyl (C=O) groups is 1. The number of halogens is 4. The lowest BCUT2D eigenvalue weighted by Crippen LogP contribution is -2.14. The van der Waals surface area contributed by atoms with Crippen LogP contribution in [0.25, 0.3) is 0 Å². The first kappa shape index (κ1) is 15.6. The molecule has 1 N–H and O–H groups in total. The van der Waals surface area contributed by atoms with E-state index in [9.17, 15) is 4.79 Å². The summed E-state index contributed by atoms with van der Waals surface area (Å²) in [6.45, 7) is 1.72. The van der Waals surface area contributed by atoms with E-state index >= 15 is 0 Å². The van der Waals surface area contributed by atoms with Gasteiger partial charge in [0.05, 0.1) is 26.3 Å². The minimum atomic E-state index is -0.396. The lowest BCUT2D eigenvalue weighted by molar-refractivity contribution is 0.102. The minimum absolute atomic E-state index is 0.245. The molecule has 3 nitrogen and oxygen atoms in total. The van der Waals surface area contributed by atoms with Crippen LogP contribution in [-0.4, -0.2) is 10.9 Å². The molecule has 0 saturated heterocycles. The minimum Gasteiger partial charge on any atom is -0.305 e. The normalized spacial score (nSPS) is 10.4. The van der Waals surface area contributed by atoms with E-state index in [2.05, 4.69) is 26.2 Å². The summed E-state index contributed by atoms with van der Waals surface area (Å²) in [6, 6.07) is 6.60. The highest BCUT2D eigenvalue weighted by Gasteiger charge is 2.15. The number of hydrogen-bond donors (Lipinski definition) is 1. The molecule has 0 bridgehead atoms. The highest BCUT2D eigenvalue weighted by Crippen LogP contribution is 2.29. The van der Waals surface area contributed by atoms with Gasteiger partial charge in [-0.3, -0.25) is 4.79 Å². The lowest BCUT2D eigenvalue weighted by atomic mass is 10.2. The first-order chi connectivity index (χ1) is 9.40. The fourth-order valence-electron chi connectivity index (χ4n) is 1.50. The summed E-state index contributed by atoms with van der Waals surface area (Å²) in [6.07, 6.45) is 0. The van der Waals surface area contributed by atoms with E-state index in [-0.39, 0.29) is 10.8 Å². The summed E-state index contributed by atoms with van der Waals surface area (Å²) in [7, 11) is 0. The molecule has 1 aromatic carbocycles. The second kappa shape index (κ2) is 6.31. The fourth-order valence-corrected chi connectivity index (χ4v) is 2.48. The molecule has 0 aliphatic rings. The zero-order chi connectivity index (χ0) is 14.9. The van der Waals surface area contributed by atoms with Crippen LogP contribution in [-0.2, 0) is 0 Å². The van der Waals surface area contributed by atoms with Crippen LogP contribution >= 0.6 is 50.7 Å². The van der Waals surface area contributed by atoms with E-state index in [1.165, 1.54) is 6.07 Å². The quantitative estimate of drug-likeness (QED) is 0.745. The van der Waals surface area contributed by atoms with Gasteiger partial charge in [-0.1, -0.05) is 40.9 Å². The molecule has 1 amide bonds. The number of amides is 1. The van der Waals surface area contributed by atoms with Crippen LogP contribution in [0.2, 0.25) is 15.1 Å². The van der Waals surface area contributed by atoms with Gasteiger partial charge < -0.3 is 5.32 Å². The molecule has 20 heavy (non-hydrogen) atoms. The third-order valence-electron chi connectivity index (χ3n) is 2.53. The molecule has 2 aromatic rings. The van der Waals surface area contributed by atoms with Crippen molar-refractivity contribution in [2.45, 2.75) is 6.92 Å². The summed E-state index contributed by atoms with van der Waals surface area (Å²) >= 11 is 21.2. The van der Waals surface area contributed by atoms with Crippen molar-refractivity contribution in [2.24, 2.45) is 0 Å². The molecular formula is C13H8BrCl3N2O. The number of hydrogen-bond acceptors (Lipinski definition) is 2. The summed E-state index contributed by atoms with van der Waals surface area (Å²) < 4.78 is 0.637. The molecule has 0 atom stereocenters. The van der Waals surface area contributed by atoms with E-state index in [0.717, 1.165) is 0 Å². The largest absolute Gasteiger partial charge is 0.305 e. The summed E-state index contributed by atoms with van der Waals surface area (Å²) in [4.78, 5) is 16.3. The molecular weight excluding hydrogens is 386 g/mol. The van der Waals surface area contributed by atoms with Crippen LogP contribution in [0.4, 0.5) is 5.82 Å².